The van der Waals surface area contributed by atoms with Crippen LogP contribution in [0.4, 0.5) is 0 Å². The van der Waals surface area contributed by atoms with E-state index in [9.17, 15) is 4.79 Å². The largest absolute Gasteiger partial charge is 0.333 e. The van der Waals surface area contributed by atoms with Crippen LogP contribution in [0.1, 0.15) is 47.4 Å². The third-order valence-electron chi connectivity index (χ3n) is 3.28. The highest BCUT2D eigenvalue weighted by Crippen LogP contribution is 2.22. The second-order valence-electron chi connectivity index (χ2n) is 4.75. The lowest BCUT2D eigenvalue weighted by Gasteiger charge is -2.23. The Labute approximate surface area is 123 Å². The van der Waals surface area contributed by atoms with E-state index in [0.717, 1.165) is 23.5 Å². The Bertz CT molecular complexity index is 568. The fourth-order valence-electron chi connectivity index (χ4n) is 1.99. The monoisotopic (exact) mass is 289 g/mol. The first-order valence-electron chi connectivity index (χ1n) is 6.75. The summed E-state index contributed by atoms with van der Waals surface area (Å²) >= 11 is 1.57. The molecule has 1 amide bonds. The number of carbonyl (C=O) groups excluding carboxylic acids is 1. The molecule has 0 aliphatic heterocycles. The van der Waals surface area contributed by atoms with E-state index >= 15 is 0 Å². The Kier molecular flexibility index (Phi) is 4.84. The molecule has 106 valence electrons. The normalized spacial score (nSPS) is 12.2. The molecule has 0 aromatic carbocycles. The quantitative estimate of drug-likeness (QED) is 0.848. The number of amides is 1. The van der Waals surface area contributed by atoms with Crippen LogP contribution in [0.3, 0.4) is 0 Å². The van der Waals surface area contributed by atoms with Gasteiger partial charge in [0.1, 0.15) is 5.01 Å². The van der Waals surface area contributed by atoms with Crippen LogP contribution in [0.5, 0.6) is 0 Å². The van der Waals surface area contributed by atoms with Crippen LogP contribution in [-0.2, 0) is 6.42 Å². The van der Waals surface area contributed by atoms with Gasteiger partial charge < -0.3 is 4.90 Å². The molecule has 1 atom stereocenters. The van der Waals surface area contributed by atoms with Crippen molar-refractivity contribution in [1.29, 1.82) is 0 Å². The number of pyridine rings is 1. The molecule has 0 saturated carbocycles. The van der Waals surface area contributed by atoms with Gasteiger partial charge in [0.25, 0.3) is 5.91 Å². The van der Waals surface area contributed by atoms with Gasteiger partial charge in [-0.05, 0) is 25.5 Å². The number of hydrogen-bond donors (Lipinski definition) is 0. The van der Waals surface area contributed by atoms with Gasteiger partial charge in [0.2, 0.25) is 0 Å². The summed E-state index contributed by atoms with van der Waals surface area (Å²) in [5.74, 6) is 0.00690. The van der Waals surface area contributed by atoms with Crippen molar-refractivity contribution in [2.45, 2.75) is 32.7 Å². The van der Waals surface area contributed by atoms with E-state index in [4.69, 9.17) is 0 Å². The summed E-state index contributed by atoms with van der Waals surface area (Å²) in [5.41, 5.74) is 1.66. The number of nitrogens with zero attached hydrogens (tertiary/aromatic N) is 3. The molecule has 0 aliphatic rings. The van der Waals surface area contributed by atoms with Crippen molar-refractivity contribution < 1.29 is 4.79 Å². The smallest absolute Gasteiger partial charge is 0.254 e. The van der Waals surface area contributed by atoms with Crippen LogP contribution in [0, 0.1) is 0 Å². The predicted molar refractivity (Wildman–Crippen MR) is 80.9 cm³/mol. The summed E-state index contributed by atoms with van der Waals surface area (Å²) in [4.78, 5) is 22.8. The minimum Gasteiger partial charge on any atom is -0.333 e. The average Bonchev–Trinajstić information content (AvgIpc) is 3.00. The highest BCUT2D eigenvalue weighted by Gasteiger charge is 2.20. The molecule has 0 saturated heterocycles. The lowest BCUT2D eigenvalue weighted by atomic mass is 10.1. The summed E-state index contributed by atoms with van der Waals surface area (Å²) in [5, 5.41) is 2.87. The average molecular weight is 289 g/mol. The maximum Gasteiger partial charge on any atom is 0.254 e. The van der Waals surface area contributed by atoms with Gasteiger partial charge in [0, 0.05) is 36.1 Å². The molecular formula is C15H19N3OS. The molecule has 2 aromatic rings. The lowest BCUT2D eigenvalue weighted by Crippen LogP contribution is -2.29. The van der Waals surface area contributed by atoms with Crippen LogP contribution in [0.25, 0.3) is 0 Å². The van der Waals surface area contributed by atoms with E-state index in [2.05, 4.69) is 16.9 Å². The van der Waals surface area contributed by atoms with Gasteiger partial charge in [-0.15, -0.1) is 11.3 Å². The Morgan fingerprint density at radius 2 is 2.20 bits per heavy atom. The fourth-order valence-corrected chi connectivity index (χ4v) is 2.73. The van der Waals surface area contributed by atoms with Crippen LogP contribution >= 0.6 is 11.3 Å². The van der Waals surface area contributed by atoms with E-state index in [1.165, 1.54) is 0 Å². The van der Waals surface area contributed by atoms with Crippen LogP contribution in [0.2, 0.25) is 0 Å². The second-order valence-corrected chi connectivity index (χ2v) is 5.67. The molecule has 0 radical (unpaired) electrons. The Hall–Kier alpha value is -1.75. The molecule has 2 aromatic heterocycles. The van der Waals surface area contributed by atoms with Crippen molar-refractivity contribution in [2.24, 2.45) is 0 Å². The summed E-state index contributed by atoms with van der Waals surface area (Å²) in [6.07, 6.45) is 5.39. The maximum absolute atomic E-state index is 12.5. The highest BCUT2D eigenvalue weighted by atomic mass is 32.1. The summed E-state index contributed by atoms with van der Waals surface area (Å²) in [7, 11) is 1.81. The molecule has 5 heteroatoms. The topological polar surface area (TPSA) is 46.1 Å². The standard InChI is InChI=1S/C15H19N3OS/c1-4-5-13-10-12(6-7-16-13)15(19)18(3)11(2)14-17-8-9-20-14/h6-11H,4-5H2,1-3H3. The van der Waals surface area contributed by atoms with Crippen molar-refractivity contribution in [3.63, 3.8) is 0 Å². The Balaban J connectivity index is 2.16. The van der Waals surface area contributed by atoms with Crippen molar-refractivity contribution >= 4 is 17.2 Å². The fraction of sp³-hybridized carbons (Fsp3) is 0.400. The van der Waals surface area contributed by atoms with Crippen LogP contribution in [0.15, 0.2) is 29.9 Å². The van der Waals surface area contributed by atoms with Crippen LogP contribution < -0.4 is 0 Å². The minimum atomic E-state index is -0.0229. The van der Waals surface area contributed by atoms with Gasteiger partial charge in [0.15, 0.2) is 0 Å². The minimum absolute atomic E-state index is 0.00690. The maximum atomic E-state index is 12.5. The van der Waals surface area contributed by atoms with Crippen LogP contribution in [-0.4, -0.2) is 27.8 Å². The van der Waals surface area contributed by atoms with Crippen molar-refractivity contribution in [3.05, 3.63) is 46.2 Å². The first-order valence-corrected chi connectivity index (χ1v) is 7.63. The molecule has 0 fully saturated rings. The van der Waals surface area contributed by atoms with E-state index in [0.29, 0.717) is 5.56 Å². The van der Waals surface area contributed by atoms with Gasteiger partial charge in [-0.25, -0.2) is 4.98 Å². The molecule has 2 heterocycles. The van der Waals surface area contributed by atoms with Crippen molar-refractivity contribution in [2.75, 3.05) is 7.05 Å². The van der Waals surface area contributed by atoms with Gasteiger partial charge in [-0.2, -0.15) is 0 Å². The van der Waals surface area contributed by atoms with E-state index in [1.54, 1.807) is 34.7 Å². The Morgan fingerprint density at radius 3 is 2.85 bits per heavy atom. The number of thiazole rings is 1. The summed E-state index contributed by atoms with van der Waals surface area (Å²) in [6.45, 7) is 4.09. The highest BCUT2D eigenvalue weighted by molar-refractivity contribution is 7.09. The van der Waals surface area contributed by atoms with Gasteiger partial charge in [-0.1, -0.05) is 13.3 Å². The predicted octanol–water partition coefficient (Wildman–Crippen LogP) is 3.32. The third kappa shape index (κ3) is 3.22. The van der Waals surface area contributed by atoms with E-state index in [1.807, 2.05) is 25.4 Å². The van der Waals surface area contributed by atoms with Gasteiger partial charge >= 0.3 is 0 Å². The molecule has 20 heavy (non-hydrogen) atoms. The Morgan fingerprint density at radius 1 is 1.40 bits per heavy atom. The first kappa shape index (κ1) is 14.7. The van der Waals surface area contributed by atoms with E-state index < -0.39 is 0 Å². The zero-order chi connectivity index (χ0) is 14.5. The number of aryl methyl sites for hydroxylation is 1. The number of aromatic nitrogens is 2. The first-order chi connectivity index (χ1) is 9.63. The number of hydrogen-bond acceptors (Lipinski definition) is 4. The zero-order valence-electron chi connectivity index (χ0n) is 12.0. The molecular weight excluding hydrogens is 270 g/mol. The van der Waals surface area contributed by atoms with Gasteiger partial charge in [0.05, 0.1) is 6.04 Å². The second kappa shape index (κ2) is 6.61. The molecule has 2 rings (SSSR count). The SMILES string of the molecule is CCCc1cc(C(=O)N(C)C(C)c2nccs2)ccn1. The molecule has 0 bridgehead atoms. The lowest BCUT2D eigenvalue weighted by molar-refractivity contribution is 0.0742. The van der Waals surface area contributed by atoms with Gasteiger partial charge in [-0.3, -0.25) is 9.78 Å². The van der Waals surface area contributed by atoms with Crippen molar-refractivity contribution in [3.8, 4) is 0 Å². The molecule has 1 unspecified atom stereocenters. The molecule has 0 N–H and O–H groups in total. The van der Waals surface area contributed by atoms with E-state index in [-0.39, 0.29) is 11.9 Å². The number of rotatable bonds is 5. The summed E-state index contributed by atoms with van der Waals surface area (Å²) in [6, 6.07) is 3.63. The summed E-state index contributed by atoms with van der Waals surface area (Å²) < 4.78 is 0. The number of carbonyl (C=O) groups is 1. The zero-order valence-corrected chi connectivity index (χ0v) is 12.9. The third-order valence-corrected chi connectivity index (χ3v) is 4.23. The molecule has 4 nitrogen and oxygen atoms in total. The molecule has 0 spiro atoms. The molecule has 0 aliphatic carbocycles. The van der Waals surface area contributed by atoms with Crippen molar-refractivity contribution in [1.82, 2.24) is 14.9 Å².